The SMILES string of the molecule is c1ccc2c(c1)Oc1cccc3cc(-c4ccc5c(c4)c4ccccc4n5-c4cccc5ccccc45)cc-2c13. The first-order chi connectivity index (χ1) is 19.8. The van der Waals surface area contributed by atoms with E-state index in [0.29, 0.717) is 0 Å². The predicted molar refractivity (Wildman–Crippen MR) is 167 cm³/mol. The van der Waals surface area contributed by atoms with E-state index in [1.807, 2.05) is 6.07 Å². The van der Waals surface area contributed by atoms with Crippen molar-refractivity contribution in [2.24, 2.45) is 0 Å². The Hall–Kier alpha value is -5.34. The summed E-state index contributed by atoms with van der Waals surface area (Å²) >= 11 is 0. The molecule has 2 heteroatoms. The lowest BCUT2D eigenvalue weighted by molar-refractivity contribution is 0.487. The molecule has 0 fully saturated rings. The van der Waals surface area contributed by atoms with E-state index in [-0.39, 0.29) is 0 Å². The number of hydrogen-bond acceptors (Lipinski definition) is 1. The molecule has 0 saturated carbocycles. The standard InChI is InChI=1S/C38H23NO/c1-2-12-28-24(9-1)10-7-16-33(28)39-34-15-5-3-13-29(34)31-22-25(19-20-35(31)39)27-21-26-11-8-18-37-38(26)32(23-27)30-14-4-6-17-36(30)40-37/h1-23H. The van der Waals surface area contributed by atoms with Crippen molar-refractivity contribution in [3.63, 3.8) is 0 Å². The highest BCUT2D eigenvalue weighted by atomic mass is 16.5. The van der Waals surface area contributed by atoms with Crippen LogP contribution in [-0.4, -0.2) is 4.57 Å². The van der Waals surface area contributed by atoms with Crippen LogP contribution in [0.25, 0.3) is 71.3 Å². The van der Waals surface area contributed by atoms with Crippen LogP contribution in [0.15, 0.2) is 140 Å². The molecule has 0 unspecified atom stereocenters. The Morgan fingerprint density at radius 2 is 1.15 bits per heavy atom. The topological polar surface area (TPSA) is 14.2 Å². The van der Waals surface area contributed by atoms with Crippen LogP contribution < -0.4 is 4.74 Å². The minimum Gasteiger partial charge on any atom is -0.456 e. The highest BCUT2D eigenvalue weighted by molar-refractivity contribution is 6.12. The first kappa shape index (κ1) is 21.6. The van der Waals surface area contributed by atoms with Gasteiger partial charge in [0.2, 0.25) is 0 Å². The largest absolute Gasteiger partial charge is 0.456 e. The van der Waals surface area contributed by atoms with Crippen molar-refractivity contribution >= 4 is 43.4 Å². The maximum atomic E-state index is 6.27. The van der Waals surface area contributed by atoms with E-state index in [0.717, 1.165) is 17.1 Å². The molecule has 1 aliphatic heterocycles. The van der Waals surface area contributed by atoms with Crippen LogP contribution in [0, 0.1) is 0 Å². The summed E-state index contributed by atoms with van der Waals surface area (Å²) in [6.45, 7) is 0. The maximum absolute atomic E-state index is 6.27. The molecule has 0 amide bonds. The Kier molecular flexibility index (Phi) is 4.36. The molecule has 2 heterocycles. The molecule has 40 heavy (non-hydrogen) atoms. The fraction of sp³-hybridized carbons (Fsp3) is 0. The van der Waals surface area contributed by atoms with Gasteiger partial charge in [0.1, 0.15) is 11.5 Å². The number of fused-ring (bicyclic) bond motifs is 6. The van der Waals surface area contributed by atoms with Crippen molar-refractivity contribution in [3.05, 3.63) is 140 Å². The first-order valence-electron chi connectivity index (χ1n) is 13.7. The molecule has 0 bridgehead atoms. The summed E-state index contributed by atoms with van der Waals surface area (Å²) < 4.78 is 8.69. The second-order valence-corrected chi connectivity index (χ2v) is 10.6. The van der Waals surface area contributed by atoms with Gasteiger partial charge in [0.15, 0.2) is 0 Å². The number of rotatable bonds is 2. The van der Waals surface area contributed by atoms with Crippen LogP contribution in [0.1, 0.15) is 0 Å². The van der Waals surface area contributed by atoms with E-state index in [4.69, 9.17) is 4.74 Å². The van der Waals surface area contributed by atoms with Crippen molar-refractivity contribution in [3.8, 4) is 39.4 Å². The van der Waals surface area contributed by atoms with E-state index in [2.05, 4.69) is 138 Å². The molecule has 9 rings (SSSR count). The third kappa shape index (κ3) is 2.99. The number of para-hydroxylation sites is 2. The van der Waals surface area contributed by atoms with Crippen LogP contribution in [-0.2, 0) is 0 Å². The molecule has 1 aromatic heterocycles. The molecule has 0 spiro atoms. The summed E-state index contributed by atoms with van der Waals surface area (Å²) in [5, 5.41) is 7.39. The normalized spacial score (nSPS) is 12.2. The van der Waals surface area contributed by atoms with Crippen LogP contribution in [0.4, 0.5) is 0 Å². The molecular weight excluding hydrogens is 486 g/mol. The Morgan fingerprint density at radius 3 is 2.12 bits per heavy atom. The van der Waals surface area contributed by atoms with Crippen LogP contribution >= 0.6 is 0 Å². The van der Waals surface area contributed by atoms with Gasteiger partial charge in [-0.25, -0.2) is 0 Å². The van der Waals surface area contributed by atoms with E-state index in [1.54, 1.807) is 0 Å². The van der Waals surface area contributed by atoms with Crippen molar-refractivity contribution in [2.45, 2.75) is 0 Å². The van der Waals surface area contributed by atoms with Gasteiger partial charge in [-0.1, -0.05) is 91.0 Å². The monoisotopic (exact) mass is 509 g/mol. The summed E-state index contributed by atoms with van der Waals surface area (Å²) in [5.41, 5.74) is 8.42. The zero-order chi connectivity index (χ0) is 26.2. The second kappa shape index (κ2) is 8.08. The minimum atomic E-state index is 0.910. The van der Waals surface area contributed by atoms with E-state index >= 15 is 0 Å². The van der Waals surface area contributed by atoms with Crippen LogP contribution in [0.5, 0.6) is 11.5 Å². The van der Waals surface area contributed by atoms with Gasteiger partial charge in [0.25, 0.3) is 0 Å². The molecule has 0 N–H and O–H groups in total. The van der Waals surface area contributed by atoms with Crippen molar-refractivity contribution in [2.75, 3.05) is 0 Å². The molecule has 1 aliphatic rings. The summed E-state index contributed by atoms with van der Waals surface area (Å²) in [4.78, 5) is 0. The van der Waals surface area contributed by atoms with E-state index < -0.39 is 0 Å². The average molecular weight is 510 g/mol. The summed E-state index contributed by atoms with van der Waals surface area (Å²) in [7, 11) is 0. The average Bonchev–Trinajstić information content (AvgIpc) is 3.34. The lowest BCUT2D eigenvalue weighted by atomic mass is 9.90. The number of ether oxygens (including phenoxy) is 1. The molecule has 0 atom stereocenters. The molecule has 2 nitrogen and oxygen atoms in total. The lowest BCUT2D eigenvalue weighted by Gasteiger charge is -2.22. The van der Waals surface area contributed by atoms with Crippen molar-refractivity contribution in [1.82, 2.24) is 4.57 Å². The Labute approximate surface area is 231 Å². The van der Waals surface area contributed by atoms with Gasteiger partial charge in [0.05, 0.1) is 16.7 Å². The summed E-state index contributed by atoms with van der Waals surface area (Å²) in [6, 6.07) is 50.2. The summed E-state index contributed by atoms with van der Waals surface area (Å²) in [6.07, 6.45) is 0. The smallest absolute Gasteiger partial charge is 0.135 e. The third-order valence-corrected chi connectivity index (χ3v) is 8.35. The molecule has 0 saturated heterocycles. The Morgan fingerprint density at radius 1 is 0.425 bits per heavy atom. The Bertz CT molecular complexity index is 2300. The molecule has 0 aliphatic carbocycles. The molecule has 8 aromatic rings. The predicted octanol–water partition coefficient (Wildman–Crippen LogP) is 10.5. The van der Waals surface area contributed by atoms with Gasteiger partial charge in [-0.3, -0.25) is 0 Å². The minimum absolute atomic E-state index is 0.910. The number of aromatic nitrogens is 1. The fourth-order valence-electron chi connectivity index (χ4n) is 6.57. The van der Waals surface area contributed by atoms with Gasteiger partial charge in [-0.15, -0.1) is 0 Å². The van der Waals surface area contributed by atoms with Crippen molar-refractivity contribution in [1.29, 1.82) is 0 Å². The molecule has 7 aromatic carbocycles. The number of hydrogen-bond donors (Lipinski definition) is 0. The highest BCUT2D eigenvalue weighted by Crippen LogP contribution is 2.48. The lowest BCUT2D eigenvalue weighted by Crippen LogP contribution is -1.97. The van der Waals surface area contributed by atoms with Gasteiger partial charge in [-0.05, 0) is 76.0 Å². The highest BCUT2D eigenvalue weighted by Gasteiger charge is 2.21. The third-order valence-electron chi connectivity index (χ3n) is 8.35. The second-order valence-electron chi connectivity index (χ2n) is 10.6. The van der Waals surface area contributed by atoms with E-state index in [9.17, 15) is 0 Å². The van der Waals surface area contributed by atoms with Crippen LogP contribution in [0.3, 0.4) is 0 Å². The maximum Gasteiger partial charge on any atom is 0.135 e. The van der Waals surface area contributed by atoms with Gasteiger partial charge >= 0.3 is 0 Å². The van der Waals surface area contributed by atoms with Crippen molar-refractivity contribution < 1.29 is 4.74 Å². The quantitative estimate of drug-likeness (QED) is 0.226. The zero-order valence-electron chi connectivity index (χ0n) is 21.6. The molecule has 0 radical (unpaired) electrons. The van der Waals surface area contributed by atoms with Gasteiger partial charge in [0, 0.05) is 27.1 Å². The van der Waals surface area contributed by atoms with E-state index in [1.165, 1.54) is 65.7 Å². The first-order valence-corrected chi connectivity index (χ1v) is 13.7. The van der Waals surface area contributed by atoms with Crippen LogP contribution in [0.2, 0.25) is 0 Å². The molecule has 186 valence electrons. The van der Waals surface area contributed by atoms with Gasteiger partial charge in [-0.2, -0.15) is 0 Å². The number of nitrogens with zero attached hydrogens (tertiary/aromatic N) is 1. The molecular formula is C38H23NO. The Balaban J connectivity index is 1.32. The fourth-order valence-corrected chi connectivity index (χ4v) is 6.57. The number of benzene rings is 7. The zero-order valence-corrected chi connectivity index (χ0v) is 21.6. The van der Waals surface area contributed by atoms with Gasteiger partial charge < -0.3 is 9.30 Å². The summed E-state index contributed by atoms with van der Waals surface area (Å²) in [5.74, 6) is 1.83.